The molecule has 0 N–H and O–H groups in total. The number of benzene rings is 2. The fourth-order valence-corrected chi connectivity index (χ4v) is 3.75. The summed E-state index contributed by atoms with van der Waals surface area (Å²) < 4.78 is 11.9. The molecule has 2 aromatic heterocycles. The van der Waals surface area contributed by atoms with Gasteiger partial charge in [-0.1, -0.05) is 30.3 Å². The number of nitrogens with zero attached hydrogens (tertiary/aromatic N) is 1. The Morgan fingerprint density at radius 2 is 1.79 bits per heavy atom. The van der Waals surface area contributed by atoms with E-state index in [2.05, 4.69) is 0 Å². The van der Waals surface area contributed by atoms with Crippen molar-refractivity contribution in [3.63, 3.8) is 0 Å². The summed E-state index contributed by atoms with van der Waals surface area (Å²) >= 11 is 1.40. The number of esters is 1. The summed E-state index contributed by atoms with van der Waals surface area (Å²) in [6.07, 6.45) is 0. The van der Waals surface area contributed by atoms with Gasteiger partial charge in [0.15, 0.2) is 0 Å². The number of carbonyl (C=O) groups excluding carboxylic acids is 1. The monoisotopic (exact) mass is 389 g/mol. The molecule has 0 aliphatic carbocycles. The number of pyridine rings is 1. The van der Waals surface area contributed by atoms with Crippen LogP contribution in [0, 0.1) is 0 Å². The SMILES string of the molecule is CCOC(=O)c1cc2nc(-c3ccc(OCc4ccccc4)cc3)ccc2s1. The van der Waals surface area contributed by atoms with Crippen molar-refractivity contribution >= 4 is 27.5 Å². The molecule has 0 radical (unpaired) electrons. The van der Waals surface area contributed by atoms with Gasteiger partial charge < -0.3 is 9.47 Å². The van der Waals surface area contributed by atoms with Crippen LogP contribution < -0.4 is 4.74 Å². The van der Waals surface area contributed by atoms with Crippen LogP contribution in [0.3, 0.4) is 0 Å². The lowest BCUT2D eigenvalue weighted by Gasteiger charge is -2.07. The van der Waals surface area contributed by atoms with E-state index in [1.165, 1.54) is 11.3 Å². The Hall–Kier alpha value is -3.18. The van der Waals surface area contributed by atoms with Gasteiger partial charge in [-0.25, -0.2) is 9.78 Å². The molecule has 0 aliphatic rings. The highest BCUT2D eigenvalue weighted by molar-refractivity contribution is 7.20. The second-order valence-electron chi connectivity index (χ2n) is 6.21. The third-order valence-corrected chi connectivity index (χ3v) is 5.32. The van der Waals surface area contributed by atoms with Gasteiger partial charge in [-0.15, -0.1) is 11.3 Å². The third-order valence-electron chi connectivity index (χ3n) is 4.25. The molecule has 0 atom stereocenters. The minimum absolute atomic E-state index is 0.299. The number of hydrogen-bond donors (Lipinski definition) is 0. The molecule has 0 aliphatic heterocycles. The van der Waals surface area contributed by atoms with E-state index in [0.29, 0.717) is 18.1 Å². The molecule has 28 heavy (non-hydrogen) atoms. The standard InChI is InChI=1S/C23H19NO3S/c1-2-26-23(25)22-14-20-21(28-22)13-12-19(24-20)17-8-10-18(11-9-17)27-15-16-6-4-3-5-7-16/h3-14H,2,15H2,1H3. The molecule has 0 saturated carbocycles. The average molecular weight is 389 g/mol. The fourth-order valence-electron chi connectivity index (χ4n) is 2.85. The molecule has 0 fully saturated rings. The molecule has 0 saturated heterocycles. The van der Waals surface area contributed by atoms with Gasteiger partial charge in [0, 0.05) is 5.56 Å². The molecule has 0 amide bonds. The van der Waals surface area contributed by atoms with Crippen LogP contribution in [-0.2, 0) is 11.3 Å². The van der Waals surface area contributed by atoms with Gasteiger partial charge in [0.1, 0.15) is 17.2 Å². The Kier molecular flexibility index (Phi) is 5.35. The first-order valence-corrected chi connectivity index (χ1v) is 9.89. The first kappa shape index (κ1) is 18.2. The summed E-state index contributed by atoms with van der Waals surface area (Å²) in [5, 5.41) is 0. The normalized spacial score (nSPS) is 10.8. The molecule has 5 heteroatoms. The van der Waals surface area contributed by atoms with Gasteiger partial charge in [0.05, 0.1) is 22.5 Å². The van der Waals surface area contributed by atoms with E-state index < -0.39 is 0 Å². The highest BCUT2D eigenvalue weighted by atomic mass is 32.1. The van der Waals surface area contributed by atoms with Crippen molar-refractivity contribution in [3.05, 3.63) is 83.2 Å². The Balaban J connectivity index is 1.50. The second kappa shape index (κ2) is 8.23. The zero-order chi connectivity index (χ0) is 19.3. The predicted octanol–water partition coefficient (Wildman–Crippen LogP) is 5.72. The van der Waals surface area contributed by atoms with Crippen molar-refractivity contribution in [3.8, 4) is 17.0 Å². The number of aromatic nitrogens is 1. The van der Waals surface area contributed by atoms with Crippen LogP contribution in [0.4, 0.5) is 0 Å². The number of thiophene rings is 1. The highest BCUT2D eigenvalue weighted by Gasteiger charge is 2.12. The van der Waals surface area contributed by atoms with Crippen molar-refractivity contribution in [2.24, 2.45) is 0 Å². The minimum Gasteiger partial charge on any atom is -0.489 e. The maximum absolute atomic E-state index is 11.9. The van der Waals surface area contributed by atoms with Gasteiger partial charge in [-0.05, 0) is 55.0 Å². The highest BCUT2D eigenvalue weighted by Crippen LogP contribution is 2.29. The number of ether oxygens (including phenoxy) is 2. The Morgan fingerprint density at radius 3 is 2.54 bits per heavy atom. The summed E-state index contributed by atoms with van der Waals surface area (Å²) in [4.78, 5) is 17.2. The van der Waals surface area contributed by atoms with Gasteiger partial charge in [-0.2, -0.15) is 0 Å². The lowest BCUT2D eigenvalue weighted by Crippen LogP contribution is -2.01. The molecule has 4 nitrogen and oxygen atoms in total. The van der Waals surface area contributed by atoms with E-state index in [4.69, 9.17) is 14.5 Å². The summed E-state index contributed by atoms with van der Waals surface area (Å²) in [6, 6.07) is 23.7. The topological polar surface area (TPSA) is 48.4 Å². The summed E-state index contributed by atoms with van der Waals surface area (Å²) in [7, 11) is 0. The van der Waals surface area contributed by atoms with E-state index >= 15 is 0 Å². The predicted molar refractivity (Wildman–Crippen MR) is 112 cm³/mol. The van der Waals surface area contributed by atoms with Gasteiger partial charge in [-0.3, -0.25) is 0 Å². The first-order chi connectivity index (χ1) is 13.7. The van der Waals surface area contributed by atoms with Crippen molar-refractivity contribution in [1.82, 2.24) is 4.98 Å². The molecule has 4 rings (SSSR count). The van der Waals surface area contributed by atoms with Crippen molar-refractivity contribution < 1.29 is 14.3 Å². The number of rotatable bonds is 6. The quantitative estimate of drug-likeness (QED) is 0.396. The molecular formula is C23H19NO3S. The average Bonchev–Trinajstić information content (AvgIpc) is 3.17. The second-order valence-corrected chi connectivity index (χ2v) is 7.29. The fraction of sp³-hybridized carbons (Fsp3) is 0.130. The third kappa shape index (κ3) is 4.05. The minimum atomic E-state index is -0.299. The summed E-state index contributed by atoms with van der Waals surface area (Å²) in [5.74, 6) is 0.515. The Labute approximate surface area is 167 Å². The van der Waals surface area contributed by atoms with Crippen LogP contribution >= 0.6 is 11.3 Å². The molecule has 4 aromatic rings. The molecule has 2 heterocycles. The molecule has 2 aromatic carbocycles. The number of carbonyl (C=O) groups is 1. The summed E-state index contributed by atoms with van der Waals surface area (Å²) in [6.45, 7) is 2.70. The van der Waals surface area contributed by atoms with E-state index in [-0.39, 0.29) is 5.97 Å². The Morgan fingerprint density at radius 1 is 1.00 bits per heavy atom. The largest absolute Gasteiger partial charge is 0.489 e. The van der Waals surface area contributed by atoms with Crippen molar-refractivity contribution in [2.45, 2.75) is 13.5 Å². The smallest absolute Gasteiger partial charge is 0.348 e. The zero-order valence-corrected chi connectivity index (χ0v) is 16.2. The van der Waals surface area contributed by atoms with E-state index in [0.717, 1.165) is 32.8 Å². The van der Waals surface area contributed by atoms with E-state index in [9.17, 15) is 4.79 Å². The molecule has 0 bridgehead atoms. The summed E-state index contributed by atoms with van der Waals surface area (Å²) in [5.41, 5.74) is 3.79. The van der Waals surface area contributed by atoms with Crippen LogP contribution in [0.15, 0.2) is 72.8 Å². The maximum atomic E-state index is 11.9. The van der Waals surface area contributed by atoms with Crippen LogP contribution in [0.1, 0.15) is 22.2 Å². The number of hydrogen-bond acceptors (Lipinski definition) is 5. The van der Waals surface area contributed by atoms with Crippen LogP contribution in [0.2, 0.25) is 0 Å². The lowest BCUT2D eigenvalue weighted by atomic mass is 10.1. The maximum Gasteiger partial charge on any atom is 0.348 e. The zero-order valence-electron chi connectivity index (χ0n) is 15.4. The van der Waals surface area contributed by atoms with Crippen molar-refractivity contribution in [1.29, 1.82) is 0 Å². The van der Waals surface area contributed by atoms with Crippen LogP contribution in [0.25, 0.3) is 21.5 Å². The van der Waals surface area contributed by atoms with E-state index in [1.807, 2.05) is 66.7 Å². The molecule has 0 spiro atoms. The Bertz CT molecular complexity index is 1090. The molecule has 0 unspecified atom stereocenters. The van der Waals surface area contributed by atoms with Crippen LogP contribution in [0.5, 0.6) is 5.75 Å². The van der Waals surface area contributed by atoms with E-state index in [1.54, 1.807) is 13.0 Å². The molecule has 140 valence electrons. The van der Waals surface area contributed by atoms with Gasteiger partial charge in [0.25, 0.3) is 0 Å². The molecular weight excluding hydrogens is 370 g/mol. The van der Waals surface area contributed by atoms with Gasteiger partial charge >= 0.3 is 5.97 Å². The van der Waals surface area contributed by atoms with Crippen molar-refractivity contribution in [2.75, 3.05) is 6.61 Å². The first-order valence-electron chi connectivity index (χ1n) is 9.08. The number of fused-ring (bicyclic) bond motifs is 1. The van der Waals surface area contributed by atoms with Gasteiger partial charge in [0.2, 0.25) is 0 Å². The lowest BCUT2D eigenvalue weighted by molar-refractivity contribution is 0.0532. The van der Waals surface area contributed by atoms with Crippen LogP contribution in [-0.4, -0.2) is 17.6 Å².